The van der Waals surface area contributed by atoms with Crippen LogP contribution in [0.5, 0.6) is 0 Å². The Kier molecular flexibility index (Phi) is 4.88. The van der Waals surface area contributed by atoms with Crippen molar-refractivity contribution < 1.29 is 17.6 Å². The van der Waals surface area contributed by atoms with E-state index in [0.29, 0.717) is 17.9 Å². The summed E-state index contributed by atoms with van der Waals surface area (Å²) in [7, 11) is -3.09. The smallest absolute Gasteiger partial charge is 0.271 e. The zero-order chi connectivity index (χ0) is 21.6. The molecule has 1 N–H and O–H groups in total. The van der Waals surface area contributed by atoms with E-state index in [1.807, 2.05) is 12.1 Å². The third kappa shape index (κ3) is 3.87. The van der Waals surface area contributed by atoms with Gasteiger partial charge in [0.15, 0.2) is 21.2 Å². The van der Waals surface area contributed by atoms with Crippen LogP contribution in [0.2, 0.25) is 0 Å². The molecule has 2 atom stereocenters. The molecule has 31 heavy (non-hydrogen) atoms. The number of hydrogen-bond acceptors (Lipinski definition) is 6. The maximum Gasteiger partial charge on any atom is 0.271 e. The normalized spacial score (nSPS) is 22.8. The van der Waals surface area contributed by atoms with Gasteiger partial charge in [-0.1, -0.05) is 12.1 Å². The van der Waals surface area contributed by atoms with Crippen LogP contribution in [0.25, 0.3) is 5.65 Å². The lowest BCUT2D eigenvalue weighted by molar-refractivity contribution is 0.0934. The standard InChI is InChI=1S/C21H22FN5O3S/c22-15-4-1-3-14(11-15)17-5-2-9-26(17)20-7-6-19-23-12-18(27(19)25-20)21(28)24-16-8-10-31(29,30)13-16/h1,3-4,6-7,11-12,16-17H,2,5,8-10,13H2,(H,24,28). The highest BCUT2D eigenvalue weighted by molar-refractivity contribution is 7.91. The van der Waals surface area contributed by atoms with Crippen molar-refractivity contribution in [1.29, 1.82) is 0 Å². The van der Waals surface area contributed by atoms with Gasteiger partial charge in [-0.25, -0.2) is 22.3 Å². The van der Waals surface area contributed by atoms with Crippen LogP contribution >= 0.6 is 0 Å². The second-order valence-corrected chi connectivity index (χ2v) is 10.3. The average molecular weight is 444 g/mol. The summed E-state index contributed by atoms with van der Waals surface area (Å²) in [6, 6.07) is 9.85. The number of aromatic nitrogens is 3. The van der Waals surface area contributed by atoms with E-state index in [-0.39, 0.29) is 29.1 Å². The highest BCUT2D eigenvalue weighted by Crippen LogP contribution is 2.35. The molecule has 1 amide bonds. The van der Waals surface area contributed by atoms with E-state index < -0.39 is 21.8 Å². The third-order valence-corrected chi connectivity index (χ3v) is 7.70. The van der Waals surface area contributed by atoms with Gasteiger partial charge in [-0.3, -0.25) is 4.79 Å². The zero-order valence-electron chi connectivity index (χ0n) is 16.7. The SMILES string of the molecule is O=C(NC1CCS(=O)(=O)C1)c1cnc2ccc(N3CCCC3c3cccc(F)c3)nn12. The molecule has 0 bridgehead atoms. The van der Waals surface area contributed by atoms with E-state index in [0.717, 1.165) is 24.9 Å². The molecule has 1 aromatic carbocycles. The number of nitrogens with one attached hydrogen (secondary N) is 1. The van der Waals surface area contributed by atoms with Crippen molar-refractivity contribution in [3.8, 4) is 0 Å². The number of benzene rings is 1. The number of imidazole rings is 1. The second-order valence-electron chi connectivity index (χ2n) is 8.08. The second kappa shape index (κ2) is 7.60. The first kappa shape index (κ1) is 19.9. The molecule has 5 rings (SSSR count). The lowest BCUT2D eigenvalue weighted by Gasteiger charge is -2.26. The fraction of sp³-hybridized carbons (Fsp3) is 0.381. The Balaban J connectivity index is 1.43. The van der Waals surface area contributed by atoms with Crippen molar-refractivity contribution in [3.63, 3.8) is 0 Å². The number of amides is 1. The number of rotatable bonds is 4. The Morgan fingerprint density at radius 1 is 1.19 bits per heavy atom. The molecule has 0 radical (unpaired) electrons. The lowest BCUT2D eigenvalue weighted by Crippen LogP contribution is -2.36. The van der Waals surface area contributed by atoms with Crippen LogP contribution in [0.15, 0.2) is 42.6 Å². The minimum atomic E-state index is -3.09. The maximum atomic E-state index is 13.7. The summed E-state index contributed by atoms with van der Waals surface area (Å²) in [6.45, 7) is 0.774. The van der Waals surface area contributed by atoms with Gasteiger partial charge < -0.3 is 10.2 Å². The van der Waals surface area contributed by atoms with Crippen molar-refractivity contribution >= 4 is 27.2 Å². The Labute approximate surface area is 179 Å². The summed E-state index contributed by atoms with van der Waals surface area (Å²) < 4.78 is 38.6. The van der Waals surface area contributed by atoms with Crippen LogP contribution in [-0.2, 0) is 9.84 Å². The summed E-state index contributed by atoms with van der Waals surface area (Å²) in [5, 5.41) is 7.43. The number of sulfone groups is 1. The van der Waals surface area contributed by atoms with E-state index in [1.54, 1.807) is 18.2 Å². The molecular formula is C21H22FN5O3S. The van der Waals surface area contributed by atoms with Crippen molar-refractivity contribution in [2.45, 2.75) is 31.3 Å². The van der Waals surface area contributed by atoms with Crippen molar-refractivity contribution in [3.05, 3.63) is 59.7 Å². The maximum absolute atomic E-state index is 13.7. The number of carbonyl (C=O) groups excluding carboxylic acids is 1. The molecule has 8 nitrogen and oxygen atoms in total. The Morgan fingerprint density at radius 2 is 2.06 bits per heavy atom. The van der Waals surface area contributed by atoms with E-state index in [4.69, 9.17) is 0 Å². The first-order chi connectivity index (χ1) is 14.9. The van der Waals surface area contributed by atoms with Gasteiger partial charge in [0, 0.05) is 12.6 Å². The van der Waals surface area contributed by atoms with Crippen molar-refractivity contribution in [1.82, 2.24) is 19.9 Å². The van der Waals surface area contributed by atoms with Crippen LogP contribution < -0.4 is 10.2 Å². The quantitative estimate of drug-likeness (QED) is 0.664. The number of hydrogen-bond donors (Lipinski definition) is 1. The molecule has 2 aliphatic rings. The van der Waals surface area contributed by atoms with E-state index in [9.17, 15) is 17.6 Å². The van der Waals surface area contributed by atoms with E-state index in [2.05, 4.69) is 20.3 Å². The molecule has 2 saturated heterocycles. The summed E-state index contributed by atoms with van der Waals surface area (Å²) in [5.74, 6) is 0.0496. The molecule has 2 aromatic heterocycles. The van der Waals surface area contributed by atoms with Gasteiger partial charge in [-0.15, -0.1) is 5.10 Å². The van der Waals surface area contributed by atoms with Crippen LogP contribution in [0, 0.1) is 5.82 Å². The van der Waals surface area contributed by atoms with Gasteiger partial charge in [-0.2, -0.15) is 0 Å². The number of fused-ring (bicyclic) bond motifs is 1. The predicted octanol–water partition coefficient (Wildman–Crippen LogP) is 2.13. The molecule has 2 unspecified atom stereocenters. The van der Waals surface area contributed by atoms with Crippen molar-refractivity contribution in [2.24, 2.45) is 0 Å². The average Bonchev–Trinajstić information content (AvgIpc) is 3.45. The van der Waals surface area contributed by atoms with E-state index in [1.165, 1.54) is 16.8 Å². The molecule has 2 fully saturated rings. The summed E-state index contributed by atoms with van der Waals surface area (Å²) in [5.41, 5.74) is 1.67. The van der Waals surface area contributed by atoms with E-state index >= 15 is 0 Å². The molecule has 0 spiro atoms. The van der Waals surface area contributed by atoms with Gasteiger partial charge in [0.1, 0.15) is 11.6 Å². The first-order valence-electron chi connectivity index (χ1n) is 10.3. The molecule has 0 saturated carbocycles. The predicted molar refractivity (Wildman–Crippen MR) is 113 cm³/mol. The lowest BCUT2D eigenvalue weighted by atomic mass is 10.0. The van der Waals surface area contributed by atoms with Gasteiger partial charge in [0.2, 0.25) is 0 Å². The van der Waals surface area contributed by atoms with Crippen LogP contribution in [0.4, 0.5) is 10.2 Å². The third-order valence-electron chi connectivity index (χ3n) is 5.93. The van der Waals surface area contributed by atoms with Crippen LogP contribution in [0.1, 0.15) is 41.4 Å². The van der Waals surface area contributed by atoms with Crippen LogP contribution in [0.3, 0.4) is 0 Å². The topological polar surface area (TPSA) is 96.7 Å². The van der Waals surface area contributed by atoms with Gasteiger partial charge in [-0.05, 0) is 49.1 Å². The van der Waals surface area contributed by atoms with Crippen LogP contribution in [-0.4, -0.2) is 53.0 Å². The monoisotopic (exact) mass is 443 g/mol. The molecular weight excluding hydrogens is 421 g/mol. The Morgan fingerprint density at radius 3 is 2.84 bits per heavy atom. The highest BCUT2D eigenvalue weighted by atomic mass is 32.2. The fourth-order valence-corrected chi connectivity index (χ4v) is 6.11. The Bertz CT molecular complexity index is 1260. The number of anilines is 1. The zero-order valence-corrected chi connectivity index (χ0v) is 17.6. The molecule has 2 aliphatic heterocycles. The minimum absolute atomic E-state index is 0.00476. The summed E-state index contributed by atoms with van der Waals surface area (Å²) >= 11 is 0. The molecule has 162 valence electrons. The largest absolute Gasteiger partial charge is 0.348 e. The Hall–Kier alpha value is -3.01. The van der Waals surface area contributed by atoms with Gasteiger partial charge in [0.05, 0.1) is 23.7 Å². The summed E-state index contributed by atoms with van der Waals surface area (Å²) in [6.07, 6.45) is 3.69. The molecule has 0 aliphatic carbocycles. The van der Waals surface area contributed by atoms with Gasteiger partial charge in [0.25, 0.3) is 5.91 Å². The number of nitrogens with zero attached hydrogens (tertiary/aromatic N) is 4. The molecule has 10 heteroatoms. The highest BCUT2D eigenvalue weighted by Gasteiger charge is 2.31. The number of halogens is 1. The van der Waals surface area contributed by atoms with Crippen molar-refractivity contribution in [2.75, 3.05) is 23.0 Å². The number of carbonyl (C=O) groups is 1. The minimum Gasteiger partial charge on any atom is -0.348 e. The fourth-order valence-electron chi connectivity index (χ4n) is 4.44. The van der Waals surface area contributed by atoms with Gasteiger partial charge >= 0.3 is 0 Å². The first-order valence-corrected chi connectivity index (χ1v) is 12.1. The molecule has 4 heterocycles. The summed E-state index contributed by atoms with van der Waals surface area (Å²) in [4.78, 5) is 19.1. The molecule has 3 aromatic rings.